The maximum absolute atomic E-state index is 5.40. The largest absolute Gasteiger partial charge is 0.307 e. The lowest BCUT2D eigenvalue weighted by molar-refractivity contribution is 0.952. The summed E-state index contributed by atoms with van der Waals surface area (Å²) in [5.41, 5.74) is 11.3. The Morgan fingerprint density at radius 3 is 1.55 bits per heavy atom. The highest BCUT2D eigenvalue weighted by atomic mass is 15.2. The Morgan fingerprint density at radius 2 is 0.875 bits per heavy atom. The Hall–Kier alpha value is -7.70. The van der Waals surface area contributed by atoms with Gasteiger partial charge in [-0.05, 0) is 70.8 Å². The van der Waals surface area contributed by atoms with Crippen LogP contribution in [0.5, 0.6) is 0 Å². The van der Waals surface area contributed by atoms with Gasteiger partial charge in [-0.25, -0.2) is 4.98 Å². The van der Waals surface area contributed by atoms with E-state index in [1.807, 2.05) is 24.5 Å². The van der Waals surface area contributed by atoms with Crippen LogP contribution >= 0.6 is 0 Å². The molecule has 0 atom stereocenters. The molecule has 0 aliphatic carbocycles. The van der Waals surface area contributed by atoms with Gasteiger partial charge in [-0.1, -0.05) is 133 Å². The van der Waals surface area contributed by atoms with Crippen LogP contribution in [0.4, 0.5) is 0 Å². The van der Waals surface area contributed by atoms with Crippen molar-refractivity contribution < 1.29 is 0 Å². The molecule has 0 N–H and O–H groups in total. The van der Waals surface area contributed by atoms with Crippen molar-refractivity contribution in [1.82, 2.24) is 29.1 Å². The Kier molecular flexibility index (Phi) is 7.38. The fraction of sp³-hybridized carbons (Fsp3) is 0. The maximum atomic E-state index is 5.40. The van der Waals surface area contributed by atoms with Crippen LogP contribution in [0.2, 0.25) is 0 Å². The molecule has 6 nitrogen and oxygen atoms in total. The second-order valence-electron chi connectivity index (χ2n) is 13.9. The van der Waals surface area contributed by atoms with Crippen molar-refractivity contribution in [2.75, 3.05) is 0 Å². The molecule has 7 aromatic carbocycles. The van der Waals surface area contributed by atoms with Gasteiger partial charge in [0.05, 0.1) is 34.0 Å². The van der Waals surface area contributed by atoms with Crippen molar-refractivity contribution in [2.45, 2.75) is 0 Å². The van der Waals surface area contributed by atoms with Gasteiger partial charge in [0.25, 0.3) is 0 Å². The summed E-state index contributed by atoms with van der Waals surface area (Å²) in [6.45, 7) is 0. The molecule has 262 valence electrons. The SMILES string of the molecule is c1ccc(-c2ccc(-c3nc(-c4ccccc4-n4c5ccccc5c5ccncc54)nc(-n4c5ccccc5c5ccccc54)n3)c(-c3ccccc3)c2)cc1. The Labute approximate surface area is 322 Å². The van der Waals surface area contributed by atoms with Crippen LogP contribution in [0.3, 0.4) is 0 Å². The van der Waals surface area contributed by atoms with Gasteiger partial charge in [0, 0.05) is 38.9 Å². The van der Waals surface area contributed by atoms with Gasteiger partial charge in [0.15, 0.2) is 11.6 Å². The standard InChI is InChI=1S/C50H32N6/c1-3-15-33(16-4-1)35-27-28-40(42(31-35)34-17-5-2-6-18-34)48-52-49(54-50(53-48)56-44-24-12-8-19-36(44)37-20-9-13-25-45(37)56)41-22-10-14-26-46(41)55-43-23-11-7-21-38(43)39-29-30-51-32-47(39)55/h1-32H. The molecule has 0 aliphatic rings. The summed E-state index contributed by atoms with van der Waals surface area (Å²) in [7, 11) is 0. The van der Waals surface area contributed by atoms with E-state index in [2.05, 4.69) is 184 Å². The van der Waals surface area contributed by atoms with E-state index in [1.54, 1.807) is 0 Å². The maximum Gasteiger partial charge on any atom is 0.238 e. The van der Waals surface area contributed by atoms with E-state index >= 15 is 0 Å². The summed E-state index contributed by atoms with van der Waals surface area (Å²) in [5, 5.41) is 4.58. The predicted molar refractivity (Wildman–Crippen MR) is 228 cm³/mol. The van der Waals surface area contributed by atoms with Gasteiger partial charge < -0.3 is 4.57 Å². The van der Waals surface area contributed by atoms with Crippen molar-refractivity contribution in [3.8, 4) is 56.7 Å². The second kappa shape index (κ2) is 13.0. The predicted octanol–water partition coefficient (Wildman–Crippen LogP) is 12.1. The van der Waals surface area contributed by atoms with Crippen LogP contribution in [0.15, 0.2) is 194 Å². The van der Waals surface area contributed by atoms with E-state index in [1.165, 1.54) is 0 Å². The number of para-hydroxylation sites is 4. The molecule has 0 aliphatic heterocycles. The molecule has 0 bridgehead atoms. The highest BCUT2D eigenvalue weighted by Gasteiger charge is 2.22. The zero-order valence-electron chi connectivity index (χ0n) is 30.2. The highest BCUT2D eigenvalue weighted by Crippen LogP contribution is 2.39. The first-order valence-corrected chi connectivity index (χ1v) is 18.7. The summed E-state index contributed by atoms with van der Waals surface area (Å²) in [4.78, 5) is 20.7. The van der Waals surface area contributed by atoms with Crippen molar-refractivity contribution >= 4 is 43.6 Å². The third kappa shape index (κ3) is 5.11. The van der Waals surface area contributed by atoms with E-state index in [0.717, 1.165) is 82.7 Å². The normalized spacial score (nSPS) is 11.6. The molecule has 11 rings (SSSR count). The van der Waals surface area contributed by atoms with Gasteiger partial charge in [-0.15, -0.1) is 0 Å². The number of fused-ring (bicyclic) bond motifs is 6. The number of rotatable bonds is 6. The number of benzene rings is 7. The van der Waals surface area contributed by atoms with Gasteiger partial charge in [0.1, 0.15) is 0 Å². The average molecular weight is 717 g/mol. The third-order valence-electron chi connectivity index (χ3n) is 10.7. The lowest BCUT2D eigenvalue weighted by atomic mass is 9.94. The topological polar surface area (TPSA) is 61.4 Å². The molecule has 4 aromatic heterocycles. The molecule has 0 saturated heterocycles. The minimum atomic E-state index is 0.548. The molecule has 0 saturated carbocycles. The first kappa shape index (κ1) is 31.8. The van der Waals surface area contributed by atoms with Gasteiger partial charge in [0.2, 0.25) is 5.95 Å². The smallest absolute Gasteiger partial charge is 0.238 e. The van der Waals surface area contributed by atoms with Crippen molar-refractivity contribution in [1.29, 1.82) is 0 Å². The molecule has 0 fully saturated rings. The van der Waals surface area contributed by atoms with Crippen molar-refractivity contribution in [2.24, 2.45) is 0 Å². The molecule has 4 heterocycles. The van der Waals surface area contributed by atoms with E-state index in [-0.39, 0.29) is 0 Å². The quantitative estimate of drug-likeness (QED) is 0.172. The number of hydrogen-bond donors (Lipinski definition) is 0. The molecule has 0 amide bonds. The lowest BCUT2D eigenvalue weighted by Gasteiger charge is -2.16. The molecule has 0 unspecified atom stereocenters. The molecule has 0 spiro atoms. The van der Waals surface area contributed by atoms with Crippen molar-refractivity contribution in [3.63, 3.8) is 0 Å². The first-order valence-electron chi connectivity index (χ1n) is 18.7. The minimum Gasteiger partial charge on any atom is -0.307 e. The molecule has 11 aromatic rings. The van der Waals surface area contributed by atoms with E-state index in [4.69, 9.17) is 15.0 Å². The molecular weight excluding hydrogens is 685 g/mol. The van der Waals surface area contributed by atoms with E-state index < -0.39 is 0 Å². The van der Waals surface area contributed by atoms with Crippen LogP contribution in [-0.2, 0) is 0 Å². The van der Waals surface area contributed by atoms with Crippen LogP contribution < -0.4 is 0 Å². The second-order valence-corrected chi connectivity index (χ2v) is 13.9. The van der Waals surface area contributed by atoms with E-state index in [0.29, 0.717) is 17.6 Å². The van der Waals surface area contributed by atoms with Crippen LogP contribution in [0.25, 0.3) is 100 Å². The van der Waals surface area contributed by atoms with Crippen LogP contribution in [-0.4, -0.2) is 29.1 Å². The number of aromatic nitrogens is 6. The monoisotopic (exact) mass is 716 g/mol. The third-order valence-corrected chi connectivity index (χ3v) is 10.7. The van der Waals surface area contributed by atoms with Gasteiger partial charge in [-0.2, -0.15) is 9.97 Å². The Morgan fingerprint density at radius 1 is 0.339 bits per heavy atom. The minimum absolute atomic E-state index is 0.548. The first-order chi connectivity index (χ1) is 27.8. The number of pyridine rings is 1. The summed E-state index contributed by atoms with van der Waals surface area (Å²) in [6, 6.07) is 63.4. The summed E-state index contributed by atoms with van der Waals surface area (Å²) in [6.07, 6.45) is 3.80. The zero-order valence-corrected chi connectivity index (χ0v) is 30.2. The Balaban J connectivity index is 1.22. The lowest BCUT2D eigenvalue weighted by Crippen LogP contribution is -2.08. The van der Waals surface area contributed by atoms with Gasteiger partial charge in [-0.3, -0.25) is 9.55 Å². The molecular formula is C50H32N6. The summed E-state index contributed by atoms with van der Waals surface area (Å²) >= 11 is 0. The number of nitrogens with zero attached hydrogens (tertiary/aromatic N) is 6. The van der Waals surface area contributed by atoms with Gasteiger partial charge >= 0.3 is 0 Å². The average Bonchev–Trinajstić information content (AvgIpc) is 3.80. The van der Waals surface area contributed by atoms with Crippen LogP contribution in [0, 0.1) is 0 Å². The number of hydrogen-bond acceptors (Lipinski definition) is 4. The van der Waals surface area contributed by atoms with Crippen LogP contribution in [0.1, 0.15) is 0 Å². The van der Waals surface area contributed by atoms with Crippen molar-refractivity contribution in [3.05, 3.63) is 194 Å². The highest BCUT2D eigenvalue weighted by molar-refractivity contribution is 6.10. The molecule has 0 radical (unpaired) electrons. The molecule has 56 heavy (non-hydrogen) atoms. The fourth-order valence-electron chi connectivity index (χ4n) is 8.19. The zero-order chi connectivity index (χ0) is 37.0. The Bertz CT molecular complexity index is 3150. The fourth-order valence-corrected chi connectivity index (χ4v) is 8.19. The summed E-state index contributed by atoms with van der Waals surface area (Å²) in [5.74, 6) is 1.71. The summed E-state index contributed by atoms with van der Waals surface area (Å²) < 4.78 is 4.45. The van der Waals surface area contributed by atoms with E-state index in [9.17, 15) is 0 Å². The molecule has 6 heteroatoms.